The van der Waals surface area contributed by atoms with Gasteiger partial charge in [0, 0.05) is 49.2 Å². The van der Waals surface area contributed by atoms with Crippen molar-refractivity contribution in [3.8, 4) is 5.75 Å². The number of amides is 1. The van der Waals surface area contributed by atoms with Crippen molar-refractivity contribution in [2.45, 2.75) is 45.9 Å². The van der Waals surface area contributed by atoms with Gasteiger partial charge in [-0.05, 0) is 26.7 Å². The number of carbonyl (C=O) groups excluding carboxylic acids is 1. The molecule has 0 spiro atoms. The van der Waals surface area contributed by atoms with Crippen molar-refractivity contribution in [3.05, 3.63) is 58.0 Å². The summed E-state index contributed by atoms with van der Waals surface area (Å²) in [5.41, 5.74) is 3.35. The number of aromatic nitrogens is 4. The Labute approximate surface area is 173 Å². The number of aryl methyl sites for hydroxylation is 2. The van der Waals surface area contributed by atoms with E-state index in [2.05, 4.69) is 15.2 Å². The molecular weight excluding hydrogens is 394 g/mol. The maximum absolute atomic E-state index is 13.1. The Hall–Kier alpha value is -2.87. The molecule has 152 valence electrons. The van der Waals surface area contributed by atoms with Gasteiger partial charge in [-0.15, -0.1) is 0 Å². The largest absolute Gasteiger partial charge is 0.484 e. The van der Waals surface area contributed by atoms with Gasteiger partial charge in [0.25, 0.3) is 5.91 Å². The third-order valence-electron chi connectivity index (χ3n) is 5.07. The van der Waals surface area contributed by atoms with Crippen LogP contribution >= 0.6 is 11.6 Å². The van der Waals surface area contributed by atoms with Crippen LogP contribution in [0.2, 0.25) is 5.02 Å². The smallest absolute Gasteiger partial charge is 0.276 e. The highest BCUT2D eigenvalue weighted by atomic mass is 35.5. The molecule has 1 aliphatic carbocycles. The summed E-state index contributed by atoms with van der Waals surface area (Å²) in [6, 6.07) is 3.51. The topological polar surface area (TPSA) is 86.3 Å². The van der Waals surface area contributed by atoms with Crippen molar-refractivity contribution in [1.29, 1.82) is 0 Å². The minimum Gasteiger partial charge on any atom is -0.484 e. The molecule has 1 aliphatic rings. The van der Waals surface area contributed by atoms with Crippen LogP contribution in [0.1, 0.15) is 46.0 Å². The van der Waals surface area contributed by atoms with Crippen LogP contribution in [0.15, 0.2) is 29.0 Å². The predicted octanol–water partition coefficient (Wildman–Crippen LogP) is 3.46. The average molecular weight is 416 g/mol. The van der Waals surface area contributed by atoms with E-state index in [0.29, 0.717) is 23.1 Å². The summed E-state index contributed by atoms with van der Waals surface area (Å²) in [4.78, 5) is 18.9. The monoisotopic (exact) mass is 415 g/mol. The highest BCUT2D eigenvalue weighted by Crippen LogP contribution is 2.31. The second-order valence-corrected chi connectivity index (χ2v) is 7.68. The van der Waals surface area contributed by atoms with Crippen LogP contribution in [0.25, 0.3) is 0 Å². The van der Waals surface area contributed by atoms with E-state index >= 15 is 0 Å². The molecular formula is C20H22ClN5O3. The van der Waals surface area contributed by atoms with Crippen LogP contribution < -0.4 is 4.74 Å². The quantitative estimate of drug-likeness (QED) is 0.587. The number of ether oxygens (including phenoxy) is 1. The van der Waals surface area contributed by atoms with Gasteiger partial charge in [0.2, 0.25) is 0 Å². The molecule has 0 unspecified atom stereocenters. The molecule has 1 saturated carbocycles. The Morgan fingerprint density at radius 1 is 1.34 bits per heavy atom. The fourth-order valence-electron chi connectivity index (χ4n) is 3.22. The summed E-state index contributed by atoms with van der Waals surface area (Å²) in [5, 5.41) is 8.90. The standard InChI is InChI=1S/C20H22ClN5O3/c1-12-18(13(2)25(3)23-12)10-26(15-4-5-15)20(27)19-7-17(29-24-19)11-28-16-6-14(21)8-22-9-16/h6-9,15H,4-5,10-11H2,1-3H3. The number of carbonyl (C=O) groups is 1. The van der Waals surface area contributed by atoms with Gasteiger partial charge in [0.15, 0.2) is 11.5 Å². The molecule has 0 atom stereocenters. The first-order valence-electron chi connectivity index (χ1n) is 9.41. The molecule has 1 fully saturated rings. The van der Waals surface area contributed by atoms with Gasteiger partial charge in [-0.3, -0.25) is 14.5 Å². The van der Waals surface area contributed by atoms with E-state index < -0.39 is 0 Å². The normalized spacial score (nSPS) is 13.5. The molecule has 0 saturated heterocycles. The Morgan fingerprint density at radius 2 is 2.14 bits per heavy atom. The Kier molecular flexibility index (Phi) is 5.27. The molecule has 0 aromatic carbocycles. The number of pyridine rings is 1. The van der Waals surface area contributed by atoms with Gasteiger partial charge < -0.3 is 14.2 Å². The predicted molar refractivity (Wildman–Crippen MR) is 106 cm³/mol. The Bertz CT molecular complexity index is 1040. The molecule has 29 heavy (non-hydrogen) atoms. The van der Waals surface area contributed by atoms with Crippen LogP contribution in [0.3, 0.4) is 0 Å². The second-order valence-electron chi connectivity index (χ2n) is 7.24. The Morgan fingerprint density at radius 3 is 2.79 bits per heavy atom. The molecule has 0 aliphatic heterocycles. The van der Waals surface area contributed by atoms with Gasteiger partial charge in [0.1, 0.15) is 12.4 Å². The van der Waals surface area contributed by atoms with E-state index in [-0.39, 0.29) is 24.2 Å². The number of halogens is 1. The molecule has 0 radical (unpaired) electrons. The number of hydrogen-bond donors (Lipinski definition) is 0. The summed E-state index contributed by atoms with van der Waals surface area (Å²) in [6.45, 7) is 4.63. The Balaban J connectivity index is 1.46. The molecule has 3 aromatic heterocycles. The van der Waals surface area contributed by atoms with Gasteiger partial charge in [-0.1, -0.05) is 16.8 Å². The van der Waals surface area contributed by atoms with Gasteiger partial charge in [-0.25, -0.2) is 0 Å². The first-order chi connectivity index (χ1) is 13.9. The highest BCUT2D eigenvalue weighted by Gasteiger charge is 2.35. The SMILES string of the molecule is Cc1nn(C)c(C)c1CN(C(=O)c1cc(COc2cncc(Cl)c2)on1)C1CC1. The van der Waals surface area contributed by atoms with E-state index in [4.69, 9.17) is 20.9 Å². The zero-order valence-corrected chi connectivity index (χ0v) is 17.3. The van der Waals surface area contributed by atoms with Crippen molar-refractivity contribution in [2.24, 2.45) is 7.05 Å². The highest BCUT2D eigenvalue weighted by molar-refractivity contribution is 6.30. The molecule has 3 aromatic rings. The maximum Gasteiger partial charge on any atom is 0.276 e. The molecule has 3 heterocycles. The van der Waals surface area contributed by atoms with E-state index in [9.17, 15) is 4.79 Å². The lowest BCUT2D eigenvalue weighted by atomic mass is 10.1. The number of hydrogen-bond acceptors (Lipinski definition) is 6. The molecule has 9 heteroatoms. The number of rotatable bonds is 7. The lowest BCUT2D eigenvalue weighted by molar-refractivity contribution is 0.0718. The van der Waals surface area contributed by atoms with E-state index in [1.165, 1.54) is 6.20 Å². The molecule has 1 amide bonds. The first-order valence-corrected chi connectivity index (χ1v) is 9.79. The van der Waals surface area contributed by atoms with Crippen LogP contribution in [0.4, 0.5) is 0 Å². The summed E-state index contributed by atoms with van der Waals surface area (Å²) < 4.78 is 12.7. The van der Waals surface area contributed by atoms with Gasteiger partial charge in [0.05, 0.1) is 16.9 Å². The fraction of sp³-hybridized carbons (Fsp3) is 0.400. The van der Waals surface area contributed by atoms with Crippen LogP contribution in [-0.2, 0) is 20.2 Å². The fourth-order valence-corrected chi connectivity index (χ4v) is 3.39. The molecule has 8 nitrogen and oxygen atoms in total. The zero-order valence-electron chi connectivity index (χ0n) is 16.6. The minimum absolute atomic E-state index is 0.132. The lowest BCUT2D eigenvalue weighted by Crippen LogP contribution is -2.33. The van der Waals surface area contributed by atoms with Crippen molar-refractivity contribution in [3.63, 3.8) is 0 Å². The van der Waals surface area contributed by atoms with Crippen molar-refractivity contribution in [2.75, 3.05) is 0 Å². The average Bonchev–Trinajstić information content (AvgIpc) is 3.36. The maximum atomic E-state index is 13.1. The van der Waals surface area contributed by atoms with Crippen LogP contribution in [0, 0.1) is 13.8 Å². The summed E-state index contributed by atoms with van der Waals surface area (Å²) in [5.74, 6) is 0.830. The lowest BCUT2D eigenvalue weighted by Gasteiger charge is -2.21. The zero-order chi connectivity index (χ0) is 20.5. The van der Waals surface area contributed by atoms with E-state index in [1.54, 1.807) is 18.3 Å². The third-order valence-corrected chi connectivity index (χ3v) is 5.28. The first kappa shape index (κ1) is 19.4. The molecule has 0 bridgehead atoms. The van der Waals surface area contributed by atoms with E-state index in [1.807, 2.05) is 30.5 Å². The minimum atomic E-state index is -0.144. The van der Waals surface area contributed by atoms with Gasteiger partial charge in [-0.2, -0.15) is 5.10 Å². The third kappa shape index (κ3) is 4.27. The van der Waals surface area contributed by atoms with Crippen molar-refractivity contribution >= 4 is 17.5 Å². The summed E-state index contributed by atoms with van der Waals surface area (Å²) >= 11 is 5.90. The van der Waals surface area contributed by atoms with Crippen LogP contribution in [-0.4, -0.2) is 36.8 Å². The second kappa shape index (κ2) is 7.87. The summed E-state index contributed by atoms with van der Waals surface area (Å²) in [7, 11) is 1.91. The van der Waals surface area contributed by atoms with E-state index in [0.717, 1.165) is 29.8 Å². The van der Waals surface area contributed by atoms with Crippen LogP contribution in [0.5, 0.6) is 5.75 Å². The van der Waals surface area contributed by atoms with Crippen molar-refractivity contribution < 1.29 is 14.1 Å². The summed E-state index contributed by atoms with van der Waals surface area (Å²) in [6.07, 6.45) is 5.08. The molecule has 4 rings (SSSR count). The van der Waals surface area contributed by atoms with Crippen molar-refractivity contribution in [1.82, 2.24) is 24.8 Å². The molecule has 0 N–H and O–H groups in total. The van der Waals surface area contributed by atoms with Gasteiger partial charge >= 0.3 is 0 Å². The number of nitrogens with zero attached hydrogens (tertiary/aromatic N) is 5.